The molecule has 3 heteroatoms. The van der Waals surface area contributed by atoms with Crippen LogP contribution in [0, 0.1) is 6.92 Å². The van der Waals surface area contributed by atoms with Crippen LogP contribution in [-0.2, 0) is 0 Å². The number of rotatable bonds is 5. The quantitative estimate of drug-likeness (QED) is 0.755. The number of nitrogen functional groups attached to an aromatic ring is 1. The highest BCUT2D eigenvalue weighted by Gasteiger charge is 2.05. The van der Waals surface area contributed by atoms with Crippen LogP contribution in [0.15, 0.2) is 18.2 Å². The lowest BCUT2D eigenvalue weighted by Gasteiger charge is -2.17. The molecule has 0 radical (unpaired) electrons. The van der Waals surface area contributed by atoms with Gasteiger partial charge in [0.1, 0.15) is 0 Å². The van der Waals surface area contributed by atoms with Crippen molar-refractivity contribution in [1.82, 2.24) is 0 Å². The van der Waals surface area contributed by atoms with E-state index in [2.05, 4.69) is 30.6 Å². The maximum absolute atomic E-state index is 5.87. The molecule has 84 valence electrons. The van der Waals surface area contributed by atoms with E-state index in [1.54, 1.807) is 0 Å². The van der Waals surface area contributed by atoms with E-state index < -0.39 is 0 Å². The van der Waals surface area contributed by atoms with Gasteiger partial charge in [-0.15, -0.1) is 0 Å². The van der Waals surface area contributed by atoms with E-state index in [-0.39, 0.29) is 0 Å². The van der Waals surface area contributed by atoms with Gasteiger partial charge in [-0.2, -0.15) is 11.8 Å². The molecule has 0 heterocycles. The van der Waals surface area contributed by atoms with E-state index in [1.807, 2.05) is 24.8 Å². The van der Waals surface area contributed by atoms with Crippen LogP contribution in [0.3, 0.4) is 0 Å². The van der Waals surface area contributed by atoms with Crippen molar-refractivity contribution < 1.29 is 0 Å². The van der Waals surface area contributed by atoms with Crippen molar-refractivity contribution in [3.05, 3.63) is 23.8 Å². The van der Waals surface area contributed by atoms with E-state index in [4.69, 9.17) is 5.73 Å². The number of benzene rings is 1. The molecule has 0 amide bonds. The van der Waals surface area contributed by atoms with Gasteiger partial charge in [-0.3, -0.25) is 0 Å². The van der Waals surface area contributed by atoms with Gasteiger partial charge in [0.05, 0.1) is 0 Å². The first kappa shape index (κ1) is 12.2. The Kier molecular flexibility index (Phi) is 4.82. The first-order chi connectivity index (χ1) is 7.17. The minimum atomic E-state index is 0.530. The van der Waals surface area contributed by atoms with Gasteiger partial charge in [-0.25, -0.2) is 0 Å². The zero-order valence-electron chi connectivity index (χ0n) is 9.71. The molecule has 15 heavy (non-hydrogen) atoms. The zero-order valence-corrected chi connectivity index (χ0v) is 10.5. The molecule has 1 unspecified atom stereocenters. The first-order valence-corrected chi connectivity index (χ1v) is 6.68. The van der Waals surface area contributed by atoms with Gasteiger partial charge in [-0.05, 0) is 37.3 Å². The molecule has 2 nitrogen and oxygen atoms in total. The van der Waals surface area contributed by atoms with Crippen molar-refractivity contribution in [1.29, 1.82) is 0 Å². The number of thioether (sulfide) groups is 1. The predicted octanol–water partition coefficient (Wildman–Crippen LogP) is 3.13. The number of hydrogen-bond acceptors (Lipinski definition) is 3. The van der Waals surface area contributed by atoms with Gasteiger partial charge in [0.25, 0.3) is 0 Å². The van der Waals surface area contributed by atoms with Crippen molar-refractivity contribution in [2.45, 2.75) is 26.3 Å². The number of hydrogen-bond donors (Lipinski definition) is 2. The summed E-state index contributed by atoms with van der Waals surface area (Å²) in [6.45, 7) is 4.23. The Morgan fingerprint density at radius 1 is 1.47 bits per heavy atom. The highest BCUT2D eigenvalue weighted by atomic mass is 32.2. The fourth-order valence-corrected chi connectivity index (χ4v) is 2.15. The van der Waals surface area contributed by atoms with Crippen LogP contribution in [0.1, 0.15) is 18.9 Å². The summed E-state index contributed by atoms with van der Waals surface area (Å²) in [7, 11) is 0. The maximum atomic E-state index is 5.87. The smallest absolute Gasteiger partial charge is 0.0364 e. The molecule has 0 bridgehead atoms. The topological polar surface area (TPSA) is 38.0 Å². The van der Waals surface area contributed by atoms with E-state index in [0.29, 0.717) is 6.04 Å². The SMILES string of the molecule is CCC(CSC)Nc1ccc(C)c(N)c1. The molecule has 0 aromatic heterocycles. The fourth-order valence-electron chi connectivity index (χ4n) is 1.43. The second-order valence-electron chi connectivity index (χ2n) is 3.78. The number of aryl methyl sites for hydroxylation is 1. The largest absolute Gasteiger partial charge is 0.398 e. The summed E-state index contributed by atoms with van der Waals surface area (Å²) in [5.74, 6) is 1.13. The van der Waals surface area contributed by atoms with Gasteiger partial charge in [0, 0.05) is 23.2 Å². The molecule has 0 fully saturated rings. The number of nitrogens with one attached hydrogen (secondary N) is 1. The van der Waals surface area contributed by atoms with E-state index in [1.165, 1.54) is 0 Å². The third-order valence-electron chi connectivity index (χ3n) is 2.51. The Hall–Kier alpha value is -0.830. The van der Waals surface area contributed by atoms with Crippen LogP contribution in [0.5, 0.6) is 0 Å². The van der Waals surface area contributed by atoms with Gasteiger partial charge in [0.15, 0.2) is 0 Å². The molecule has 0 saturated carbocycles. The molecule has 0 saturated heterocycles. The summed E-state index contributed by atoms with van der Waals surface area (Å²) in [5.41, 5.74) is 8.99. The first-order valence-electron chi connectivity index (χ1n) is 5.29. The average Bonchev–Trinajstić information content (AvgIpc) is 2.23. The molecule has 1 aromatic carbocycles. The predicted molar refractivity (Wildman–Crippen MR) is 71.7 cm³/mol. The van der Waals surface area contributed by atoms with Crippen LogP contribution in [0.2, 0.25) is 0 Å². The van der Waals surface area contributed by atoms with Crippen LogP contribution < -0.4 is 11.1 Å². The summed E-state index contributed by atoms with van der Waals surface area (Å²) < 4.78 is 0. The zero-order chi connectivity index (χ0) is 11.3. The molecule has 1 rings (SSSR count). The van der Waals surface area contributed by atoms with Crippen molar-refractivity contribution in [3.8, 4) is 0 Å². The van der Waals surface area contributed by atoms with E-state index >= 15 is 0 Å². The molecule has 0 aliphatic carbocycles. The van der Waals surface area contributed by atoms with Crippen LogP contribution in [0.25, 0.3) is 0 Å². The average molecular weight is 224 g/mol. The van der Waals surface area contributed by atoms with Gasteiger partial charge in [0.2, 0.25) is 0 Å². The summed E-state index contributed by atoms with van der Waals surface area (Å²) in [4.78, 5) is 0. The molecule has 3 N–H and O–H groups in total. The monoisotopic (exact) mass is 224 g/mol. The van der Waals surface area contributed by atoms with Crippen LogP contribution in [-0.4, -0.2) is 18.1 Å². The second kappa shape index (κ2) is 5.91. The fraction of sp³-hybridized carbons (Fsp3) is 0.500. The van der Waals surface area contributed by atoms with Crippen LogP contribution in [0.4, 0.5) is 11.4 Å². The lowest BCUT2D eigenvalue weighted by molar-refractivity contribution is 0.775. The molecule has 0 aliphatic heterocycles. The third kappa shape index (κ3) is 3.67. The summed E-state index contributed by atoms with van der Waals surface area (Å²) in [6.07, 6.45) is 3.27. The van der Waals surface area contributed by atoms with Crippen molar-refractivity contribution >= 4 is 23.1 Å². The maximum Gasteiger partial charge on any atom is 0.0364 e. The van der Waals surface area contributed by atoms with Gasteiger partial charge in [-0.1, -0.05) is 13.0 Å². The Labute approximate surface area is 96.6 Å². The highest BCUT2D eigenvalue weighted by molar-refractivity contribution is 7.98. The molecule has 0 aliphatic rings. The van der Waals surface area contributed by atoms with E-state index in [0.717, 1.165) is 29.1 Å². The minimum Gasteiger partial charge on any atom is -0.398 e. The van der Waals surface area contributed by atoms with Crippen molar-refractivity contribution in [3.63, 3.8) is 0 Å². The lowest BCUT2D eigenvalue weighted by Crippen LogP contribution is -2.21. The van der Waals surface area contributed by atoms with Gasteiger partial charge >= 0.3 is 0 Å². The van der Waals surface area contributed by atoms with Gasteiger partial charge < -0.3 is 11.1 Å². The van der Waals surface area contributed by atoms with E-state index in [9.17, 15) is 0 Å². The normalized spacial score (nSPS) is 12.5. The lowest BCUT2D eigenvalue weighted by atomic mass is 10.1. The minimum absolute atomic E-state index is 0.530. The highest BCUT2D eigenvalue weighted by Crippen LogP contribution is 2.18. The Balaban J connectivity index is 2.66. The molecular weight excluding hydrogens is 204 g/mol. The molecule has 0 spiro atoms. The summed E-state index contributed by atoms with van der Waals surface area (Å²) >= 11 is 1.87. The Morgan fingerprint density at radius 3 is 2.73 bits per heavy atom. The Morgan fingerprint density at radius 2 is 2.20 bits per heavy atom. The number of nitrogens with two attached hydrogens (primary N) is 1. The van der Waals surface area contributed by atoms with Crippen molar-refractivity contribution in [2.24, 2.45) is 0 Å². The third-order valence-corrected chi connectivity index (χ3v) is 3.25. The summed E-state index contributed by atoms with van der Waals surface area (Å²) in [6, 6.07) is 6.69. The molecule has 1 aromatic rings. The summed E-state index contributed by atoms with van der Waals surface area (Å²) in [5, 5.41) is 3.50. The standard InChI is InChI=1S/C12H20N2S/c1-4-10(8-15-3)14-11-6-5-9(2)12(13)7-11/h5-7,10,14H,4,8,13H2,1-3H3. The Bertz CT molecular complexity index is 312. The van der Waals surface area contributed by atoms with Crippen molar-refractivity contribution in [2.75, 3.05) is 23.1 Å². The molecule has 1 atom stereocenters. The number of anilines is 2. The molecular formula is C12H20N2S. The second-order valence-corrected chi connectivity index (χ2v) is 4.69. The van der Waals surface area contributed by atoms with Crippen LogP contribution >= 0.6 is 11.8 Å².